The van der Waals surface area contributed by atoms with Crippen molar-refractivity contribution in [2.75, 3.05) is 62.3 Å². The number of carbonyl (C=O) groups is 4. The molecule has 0 unspecified atom stereocenters. The van der Waals surface area contributed by atoms with E-state index in [2.05, 4.69) is 31.1 Å². The van der Waals surface area contributed by atoms with Gasteiger partial charge >= 0.3 is 12.1 Å². The number of rotatable bonds is 6. The first kappa shape index (κ1) is 41.0. The Morgan fingerprint density at radius 3 is 1.49 bits per heavy atom. The van der Waals surface area contributed by atoms with Crippen molar-refractivity contribution >= 4 is 46.2 Å². The maximum Gasteiger partial charge on any atom is 0.320 e. The smallest absolute Gasteiger partial charge is 0.320 e. The molecule has 0 aliphatic carbocycles. The normalized spacial score (nSPS) is 21.9. The summed E-state index contributed by atoms with van der Waals surface area (Å²) in [6.07, 6.45) is 5.65. The second-order valence-corrected chi connectivity index (χ2v) is 19.5. The minimum Gasteiger partial charge on any atom is -0.361 e. The highest BCUT2D eigenvalue weighted by Crippen LogP contribution is 2.27. The van der Waals surface area contributed by atoms with Crippen molar-refractivity contribution < 1.29 is 32.4 Å². The number of hydrogen-bond acceptors (Lipinski definition) is 10. The van der Waals surface area contributed by atoms with Gasteiger partial charge in [-0.1, -0.05) is 51.9 Å². The number of amides is 4. The molecule has 2 aromatic rings. The molecule has 0 saturated carbocycles. The summed E-state index contributed by atoms with van der Waals surface area (Å²) in [6.45, 7) is 16.1. The fourth-order valence-corrected chi connectivity index (χ4v) is 8.98. The minimum atomic E-state index is -0.830. The van der Waals surface area contributed by atoms with Crippen molar-refractivity contribution in [2.24, 2.45) is 0 Å². The standard InChI is InChI=1S/C19H29N3O4S.C19H29N3O3S/c1-19(2,3)17-13-14(20-26-17)12-16(23)15-6-4-5-7-22(15)18(24)21-8-10-27(25)11-9-21;1-19(2,3)17-13-14(20-25-17)12-16(23)15-6-4-5-7-22(15)18(24)21-8-10-26-11-9-21/h13,15H,4-12H2,1-3H3;13,15H,4-12H2,1-3H3/t2*15-/m00/s1. The first-order valence-electron chi connectivity index (χ1n) is 19.1. The first-order valence-corrected chi connectivity index (χ1v) is 21.8. The average molecular weight is 775 g/mol. The van der Waals surface area contributed by atoms with Crippen LogP contribution in [0.4, 0.5) is 9.59 Å². The van der Waals surface area contributed by atoms with Crippen LogP contribution < -0.4 is 0 Å². The van der Waals surface area contributed by atoms with Crippen molar-refractivity contribution in [3.8, 4) is 0 Å². The Kier molecular flexibility index (Phi) is 13.9. The van der Waals surface area contributed by atoms with Crippen molar-refractivity contribution in [1.29, 1.82) is 0 Å². The predicted octanol–water partition coefficient (Wildman–Crippen LogP) is 5.23. The van der Waals surface area contributed by atoms with Crippen LogP contribution in [0.25, 0.3) is 0 Å². The van der Waals surface area contributed by atoms with Gasteiger partial charge in [-0.3, -0.25) is 13.8 Å². The van der Waals surface area contributed by atoms with Gasteiger partial charge in [-0.05, 0) is 38.5 Å². The molecule has 294 valence electrons. The summed E-state index contributed by atoms with van der Waals surface area (Å²) in [6, 6.07) is 2.90. The van der Waals surface area contributed by atoms with Gasteiger partial charge in [0, 0.05) is 96.0 Å². The van der Waals surface area contributed by atoms with Gasteiger partial charge in [-0.15, -0.1) is 0 Å². The topological polar surface area (TPSA) is 150 Å². The molecule has 13 nitrogen and oxygen atoms in total. The van der Waals surface area contributed by atoms with Crippen molar-refractivity contribution in [1.82, 2.24) is 29.9 Å². The molecular weight excluding hydrogens is 717 g/mol. The number of hydrogen-bond donors (Lipinski definition) is 0. The molecule has 2 aromatic heterocycles. The van der Waals surface area contributed by atoms with Crippen LogP contribution in [-0.2, 0) is 44.1 Å². The highest BCUT2D eigenvalue weighted by molar-refractivity contribution is 7.99. The van der Waals surface area contributed by atoms with Crippen LogP contribution in [0.15, 0.2) is 21.2 Å². The number of urea groups is 2. The molecule has 0 radical (unpaired) electrons. The average Bonchev–Trinajstić information content (AvgIpc) is 3.83. The van der Waals surface area contributed by atoms with E-state index in [-0.39, 0.29) is 53.3 Å². The molecule has 0 bridgehead atoms. The summed E-state index contributed by atoms with van der Waals surface area (Å²) in [5.74, 6) is 4.61. The molecule has 0 aromatic carbocycles. The maximum absolute atomic E-state index is 12.9. The third kappa shape index (κ3) is 10.9. The second kappa shape index (κ2) is 18.0. The maximum atomic E-state index is 12.9. The second-order valence-electron chi connectivity index (χ2n) is 16.6. The molecule has 0 N–H and O–H groups in total. The highest BCUT2D eigenvalue weighted by atomic mass is 32.2. The molecule has 4 amide bonds. The van der Waals surface area contributed by atoms with E-state index in [0.29, 0.717) is 55.5 Å². The van der Waals surface area contributed by atoms with Gasteiger partial charge < -0.3 is 28.6 Å². The number of ketones is 2. The number of piperidine rings is 2. The van der Waals surface area contributed by atoms with Crippen LogP contribution >= 0.6 is 11.8 Å². The predicted molar refractivity (Wildman–Crippen MR) is 206 cm³/mol. The lowest BCUT2D eigenvalue weighted by Gasteiger charge is -2.39. The third-order valence-electron chi connectivity index (χ3n) is 10.3. The monoisotopic (exact) mass is 774 g/mol. The van der Waals surface area contributed by atoms with E-state index in [4.69, 9.17) is 9.05 Å². The van der Waals surface area contributed by atoms with Gasteiger partial charge in [0.2, 0.25) is 0 Å². The lowest BCUT2D eigenvalue weighted by Crippen LogP contribution is -2.55. The van der Waals surface area contributed by atoms with Gasteiger partial charge in [0.05, 0.1) is 36.3 Å². The summed E-state index contributed by atoms with van der Waals surface area (Å²) in [5, 5.41) is 8.11. The number of aromatic nitrogens is 2. The van der Waals surface area contributed by atoms with E-state index in [1.807, 2.05) is 49.6 Å². The van der Waals surface area contributed by atoms with Crippen molar-refractivity contribution in [3.05, 3.63) is 35.0 Å². The van der Waals surface area contributed by atoms with E-state index >= 15 is 0 Å². The molecule has 4 aliphatic heterocycles. The number of carbonyl (C=O) groups excluding carboxylic acids is 4. The van der Waals surface area contributed by atoms with E-state index < -0.39 is 16.8 Å². The van der Waals surface area contributed by atoms with Crippen LogP contribution in [0, 0.1) is 0 Å². The molecule has 15 heteroatoms. The quantitative estimate of drug-likeness (QED) is 0.382. The Hall–Kier alpha value is -3.20. The lowest BCUT2D eigenvalue weighted by atomic mass is 9.92. The van der Waals surface area contributed by atoms with Crippen LogP contribution in [-0.4, -0.2) is 132 Å². The Balaban J connectivity index is 0.000000204. The highest BCUT2D eigenvalue weighted by Gasteiger charge is 2.37. The fourth-order valence-electron chi connectivity index (χ4n) is 7.03. The molecule has 0 spiro atoms. The van der Waals surface area contributed by atoms with Crippen molar-refractivity contribution in [3.63, 3.8) is 0 Å². The van der Waals surface area contributed by atoms with Gasteiger partial charge in [0.1, 0.15) is 11.5 Å². The number of Topliss-reactive ketones (excluding diaryl/α,β-unsaturated/α-hetero) is 2. The van der Waals surface area contributed by atoms with Gasteiger partial charge in [-0.2, -0.15) is 11.8 Å². The first-order chi connectivity index (χ1) is 25.1. The van der Waals surface area contributed by atoms with Crippen LogP contribution in [0.2, 0.25) is 0 Å². The van der Waals surface area contributed by atoms with Gasteiger partial charge in [0.15, 0.2) is 11.6 Å². The number of thioether (sulfide) groups is 1. The molecule has 4 fully saturated rings. The SMILES string of the molecule is CC(C)(C)c1cc(CC(=O)[C@@H]2CCCCN2C(=O)N2CCS(=O)CC2)no1.CC(C)(C)c1cc(CC(=O)[C@@H]2CCCCN2C(=O)N2CCSCC2)no1. The molecule has 53 heavy (non-hydrogen) atoms. The zero-order valence-electron chi connectivity index (χ0n) is 32.4. The summed E-state index contributed by atoms with van der Waals surface area (Å²) >= 11 is 1.88. The van der Waals surface area contributed by atoms with E-state index in [0.717, 1.165) is 68.2 Å². The lowest BCUT2D eigenvalue weighted by molar-refractivity contribution is -0.124. The van der Waals surface area contributed by atoms with E-state index in [1.165, 1.54) is 0 Å². The minimum absolute atomic E-state index is 0.0115. The van der Waals surface area contributed by atoms with E-state index in [1.54, 1.807) is 14.7 Å². The summed E-state index contributed by atoms with van der Waals surface area (Å²) in [7, 11) is -0.830. The Bertz CT molecular complexity index is 1600. The number of nitrogens with zero attached hydrogens (tertiary/aromatic N) is 6. The third-order valence-corrected chi connectivity index (χ3v) is 12.5. The fraction of sp³-hybridized carbons (Fsp3) is 0.737. The Morgan fingerprint density at radius 2 is 1.09 bits per heavy atom. The van der Waals surface area contributed by atoms with Crippen LogP contribution in [0.3, 0.4) is 0 Å². The Morgan fingerprint density at radius 1 is 0.679 bits per heavy atom. The van der Waals surface area contributed by atoms with Gasteiger partial charge in [0.25, 0.3) is 0 Å². The van der Waals surface area contributed by atoms with E-state index in [9.17, 15) is 23.4 Å². The van der Waals surface area contributed by atoms with Gasteiger partial charge in [-0.25, -0.2) is 9.59 Å². The van der Waals surface area contributed by atoms with Crippen molar-refractivity contribution in [2.45, 2.75) is 116 Å². The largest absolute Gasteiger partial charge is 0.361 e. The van der Waals surface area contributed by atoms with Crippen LogP contribution in [0.5, 0.6) is 0 Å². The zero-order chi connectivity index (χ0) is 38.3. The Labute approximate surface area is 320 Å². The molecule has 2 atom stereocenters. The summed E-state index contributed by atoms with van der Waals surface area (Å²) < 4.78 is 22.3. The summed E-state index contributed by atoms with van der Waals surface area (Å²) in [5.41, 5.74) is 0.992. The molecular formula is C38H58N6O7S2. The molecule has 4 aliphatic rings. The zero-order valence-corrected chi connectivity index (χ0v) is 34.0. The number of likely N-dealkylation sites (tertiary alicyclic amines) is 2. The summed E-state index contributed by atoms with van der Waals surface area (Å²) in [4.78, 5) is 58.8. The molecule has 6 heterocycles. The molecule has 6 rings (SSSR count). The molecule has 4 saturated heterocycles. The van der Waals surface area contributed by atoms with Crippen LogP contribution in [0.1, 0.15) is 103 Å².